The molecular formula is C12H14ClF3N2. The number of nitrogens with zero attached hydrogens (tertiary/aromatic N) is 2. The zero-order valence-corrected chi connectivity index (χ0v) is 10.9. The maximum Gasteiger partial charge on any atom is 0.416 e. The van der Waals surface area contributed by atoms with Gasteiger partial charge in [-0.3, -0.25) is 0 Å². The largest absolute Gasteiger partial charge is 0.416 e. The lowest BCUT2D eigenvalue weighted by Crippen LogP contribution is -2.38. The van der Waals surface area contributed by atoms with Crippen LogP contribution in [0.2, 0.25) is 0 Å². The maximum absolute atomic E-state index is 12.7. The van der Waals surface area contributed by atoms with Crippen LogP contribution in [0.25, 0.3) is 0 Å². The molecule has 0 bridgehead atoms. The van der Waals surface area contributed by atoms with Gasteiger partial charge in [-0.05, 0) is 32.0 Å². The van der Waals surface area contributed by atoms with Crippen LogP contribution >= 0.6 is 11.6 Å². The Morgan fingerprint density at radius 1 is 1.11 bits per heavy atom. The van der Waals surface area contributed by atoms with Gasteiger partial charge in [-0.25, -0.2) is 0 Å². The molecule has 18 heavy (non-hydrogen) atoms. The van der Waals surface area contributed by atoms with Gasteiger partial charge in [-0.2, -0.15) is 13.2 Å². The van der Waals surface area contributed by atoms with E-state index in [1.807, 2.05) is 18.7 Å². The van der Waals surface area contributed by atoms with E-state index in [-0.39, 0.29) is 0 Å². The molecule has 0 fully saturated rings. The van der Waals surface area contributed by atoms with Crippen molar-refractivity contribution < 1.29 is 13.2 Å². The van der Waals surface area contributed by atoms with Crippen LogP contribution in [0.5, 0.6) is 0 Å². The molecule has 2 nitrogen and oxygen atoms in total. The van der Waals surface area contributed by atoms with E-state index in [9.17, 15) is 13.2 Å². The molecule has 0 N–H and O–H groups in total. The van der Waals surface area contributed by atoms with Crippen LogP contribution in [0, 0.1) is 0 Å². The third-order valence-electron chi connectivity index (χ3n) is 3.12. The van der Waals surface area contributed by atoms with Gasteiger partial charge in [-0.15, -0.1) is 0 Å². The zero-order chi connectivity index (χ0) is 13.5. The van der Waals surface area contributed by atoms with Crippen molar-refractivity contribution in [2.24, 2.45) is 0 Å². The van der Waals surface area contributed by atoms with Crippen molar-refractivity contribution in [1.29, 1.82) is 0 Å². The lowest BCUT2D eigenvalue weighted by molar-refractivity contribution is -0.137. The van der Waals surface area contributed by atoms with E-state index in [1.54, 1.807) is 4.90 Å². The molecule has 2 rings (SSSR count). The minimum Gasteiger partial charge on any atom is -0.337 e. The number of alkyl halides is 4. The molecule has 100 valence electrons. The van der Waals surface area contributed by atoms with Gasteiger partial charge in [0.1, 0.15) is 0 Å². The number of halogens is 4. The van der Waals surface area contributed by atoms with Gasteiger partial charge in [0, 0.05) is 13.1 Å². The molecule has 1 aromatic rings. The molecule has 0 radical (unpaired) electrons. The lowest BCUT2D eigenvalue weighted by atomic mass is 10.1. The lowest BCUT2D eigenvalue weighted by Gasteiger charge is -2.25. The summed E-state index contributed by atoms with van der Waals surface area (Å²) in [4.78, 5) is 3.64. The summed E-state index contributed by atoms with van der Waals surface area (Å²) >= 11 is 6.25. The number of benzene rings is 1. The Labute approximate surface area is 109 Å². The summed E-state index contributed by atoms with van der Waals surface area (Å²) < 4.78 is 38.1. The van der Waals surface area contributed by atoms with Crippen LogP contribution < -0.4 is 9.80 Å². The molecule has 6 heteroatoms. The number of rotatable bonds is 2. The van der Waals surface area contributed by atoms with Gasteiger partial charge in [0.05, 0.1) is 16.9 Å². The molecule has 0 aliphatic carbocycles. The molecule has 0 aromatic heterocycles. The number of anilines is 2. The highest BCUT2D eigenvalue weighted by molar-refractivity contribution is 6.24. The third kappa shape index (κ3) is 2.00. The monoisotopic (exact) mass is 278 g/mol. The predicted octanol–water partition coefficient (Wildman–Crippen LogP) is 3.89. The summed E-state index contributed by atoms with van der Waals surface area (Å²) in [7, 11) is 0. The fourth-order valence-corrected chi connectivity index (χ4v) is 2.70. The Bertz CT molecular complexity index is 447. The van der Waals surface area contributed by atoms with Crippen molar-refractivity contribution in [1.82, 2.24) is 0 Å². The Morgan fingerprint density at radius 3 is 2.17 bits per heavy atom. The first-order valence-electron chi connectivity index (χ1n) is 5.78. The van der Waals surface area contributed by atoms with Crippen molar-refractivity contribution in [3.05, 3.63) is 23.8 Å². The van der Waals surface area contributed by atoms with Gasteiger partial charge in [0.15, 0.2) is 5.62 Å². The van der Waals surface area contributed by atoms with Crippen LogP contribution in [-0.2, 0) is 6.18 Å². The molecule has 1 aliphatic heterocycles. The van der Waals surface area contributed by atoms with E-state index in [0.29, 0.717) is 18.8 Å². The fraction of sp³-hybridized carbons (Fsp3) is 0.500. The second kappa shape index (κ2) is 4.53. The normalized spacial score (nSPS) is 19.3. The van der Waals surface area contributed by atoms with E-state index in [1.165, 1.54) is 12.1 Å². The molecular weight excluding hydrogens is 265 g/mol. The Balaban J connectivity index is 2.50. The summed E-state index contributed by atoms with van der Waals surface area (Å²) in [6.07, 6.45) is -4.32. The summed E-state index contributed by atoms with van der Waals surface area (Å²) in [6, 6.07) is 3.76. The highest BCUT2D eigenvalue weighted by Gasteiger charge is 2.37. The second-order valence-electron chi connectivity index (χ2n) is 4.08. The maximum atomic E-state index is 12.7. The summed E-state index contributed by atoms with van der Waals surface area (Å²) in [5, 5.41) is 0. The smallest absolute Gasteiger partial charge is 0.337 e. The van der Waals surface area contributed by atoms with E-state index >= 15 is 0 Å². The molecule has 1 atom stereocenters. The topological polar surface area (TPSA) is 6.48 Å². The van der Waals surface area contributed by atoms with Crippen LogP contribution in [0.3, 0.4) is 0 Å². The minimum absolute atomic E-state index is 0.418. The number of hydrogen-bond acceptors (Lipinski definition) is 2. The molecule has 1 heterocycles. The predicted molar refractivity (Wildman–Crippen MR) is 67.1 cm³/mol. The molecule has 0 spiro atoms. The summed E-state index contributed by atoms with van der Waals surface area (Å²) in [5.74, 6) is 0. The van der Waals surface area contributed by atoms with Crippen LogP contribution in [0.4, 0.5) is 24.5 Å². The Morgan fingerprint density at radius 2 is 1.67 bits per heavy atom. The fourth-order valence-electron chi connectivity index (χ4n) is 2.21. The highest BCUT2D eigenvalue weighted by Crippen LogP contribution is 2.43. The molecule has 1 aromatic carbocycles. The zero-order valence-electron chi connectivity index (χ0n) is 10.1. The summed E-state index contributed by atoms with van der Waals surface area (Å²) in [5.41, 5.74) is 0.251. The molecule has 1 unspecified atom stereocenters. The average molecular weight is 279 g/mol. The number of fused-ring (bicyclic) bond motifs is 1. The van der Waals surface area contributed by atoms with Gasteiger partial charge in [-0.1, -0.05) is 11.6 Å². The van der Waals surface area contributed by atoms with Crippen molar-refractivity contribution >= 4 is 23.0 Å². The van der Waals surface area contributed by atoms with E-state index < -0.39 is 17.4 Å². The first-order valence-corrected chi connectivity index (χ1v) is 6.22. The van der Waals surface area contributed by atoms with E-state index in [4.69, 9.17) is 11.6 Å². The van der Waals surface area contributed by atoms with Gasteiger partial charge < -0.3 is 9.80 Å². The Kier molecular flexibility index (Phi) is 3.36. The Hall–Kier alpha value is -1.10. The van der Waals surface area contributed by atoms with Crippen molar-refractivity contribution in [2.75, 3.05) is 22.9 Å². The van der Waals surface area contributed by atoms with Crippen LogP contribution in [-0.4, -0.2) is 18.7 Å². The van der Waals surface area contributed by atoms with Crippen LogP contribution in [0.1, 0.15) is 19.4 Å². The molecule has 0 amide bonds. The van der Waals surface area contributed by atoms with Gasteiger partial charge in [0.2, 0.25) is 0 Å². The minimum atomic E-state index is -4.32. The summed E-state index contributed by atoms with van der Waals surface area (Å²) in [6.45, 7) is 5.02. The van der Waals surface area contributed by atoms with Crippen molar-refractivity contribution in [2.45, 2.75) is 25.6 Å². The molecule has 0 saturated heterocycles. The quantitative estimate of drug-likeness (QED) is 0.598. The van der Waals surface area contributed by atoms with Crippen molar-refractivity contribution in [3.8, 4) is 0 Å². The van der Waals surface area contributed by atoms with Gasteiger partial charge in [0.25, 0.3) is 0 Å². The number of hydrogen-bond donors (Lipinski definition) is 0. The average Bonchev–Trinajstić information content (AvgIpc) is 2.58. The first-order chi connectivity index (χ1) is 8.40. The van der Waals surface area contributed by atoms with Crippen molar-refractivity contribution in [3.63, 3.8) is 0 Å². The molecule has 1 aliphatic rings. The van der Waals surface area contributed by atoms with E-state index in [2.05, 4.69) is 0 Å². The first kappa shape index (κ1) is 13.3. The second-order valence-corrected chi connectivity index (χ2v) is 4.47. The molecule has 0 saturated carbocycles. The third-order valence-corrected chi connectivity index (χ3v) is 3.59. The van der Waals surface area contributed by atoms with E-state index in [0.717, 1.165) is 11.8 Å². The standard InChI is InChI=1S/C12H14ClF3N2/c1-3-17-9-6-5-8(12(14,15)16)7-10(9)18(4-2)11(17)13/h5-7,11H,3-4H2,1-2H3. The highest BCUT2D eigenvalue weighted by atomic mass is 35.5. The van der Waals surface area contributed by atoms with Gasteiger partial charge >= 0.3 is 6.18 Å². The van der Waals surface area contributed by atoms with Crippen LogP contribution in [0.15, 0.2) is 18.2 Å². The SMILES string of the molecule is CCN1c2ccc(C(F)(F)F)cc2N(CC)C1Cl.